The van der Waals surface area contributed by atoms with E-state index >= 15 is 0 Å². The number of thiazole rings is 1. The SMILES string of the molecule is CNc1nc(CCc2cccc(F)c2)c(Br)s1. The standard InChI is InChI=1S/C12H12BrFN2S/c1-15-12-16-10(11(13)17-12)6-5-8-3-2-4-9(14)7-8/h2-4,7H,5-6H2,1H3,(H,15,16). The van der Waals surface area contributed by atoms with Crippen molar-refractivity contribution in [2.75, 3.05) is 12.4 Å². The molecule has 0 spiro atoms. The van der Waals surface area contributed by atoms with Crippen LogP contribution in [0.25, 0.3) is 0 Å². The van der Waals surface area contributed by atoms with E-state index in [2.05, 4.69) is 26.2 Å². The smallest absolute Gasteiger partial charge is 0.183 e. The maximum Gasteiger partial charge on any atom is 0.183 e. The minimum Gasteiger partial charge on any atom is -0.365 e. The van der Waals surface area contributed by atoms with Crippen LogP contribution in [0.5, 0.6) is 0 Å². The Morgan fingerprint density at radius 2 is 2.24 bits per heavy atom. The van der Waals surface area contributed by atoms with Gasteiger partial charge in [-0.2, -0.15) is 0 Å². The minimum absolute atomic E-state index is 0.184. The third-order valence-electron chi connectivity index (χ3n) is 2.40. The number of nitrogens with zero attached hydrogens (tertiary/aromatic N) is 1. The van der Waals surface area contributed by atoms with Crippen molar-refractivity contribution in [3.05, 3.63) is 45.1 Å². The van der Waals surface area contributed by atoms with Gasteiger partial charge in [0.15, 0.2) is 5.13 Å². The van der Waals surface area contributed by atoms with Crippen LogP contribution in [-0.2, 0) is 12.8 Å². The fraction of sp³-hybridized carbons (Fsp3) is 0.250. The molecule has 0 fully saturated rings. The van der Waals surface area contributed by atoms with Crippen LogP contribution in [0.3, 0.4) is 0 Å². The van der Waals surface area contributed by atoms with Crippen LogP contribution in [0.2, 0.25) is 0 Å². The number of rotatable bonds is 4. The molecule has 2 nitrogen and oxygen atoms in total. The first kappa shape index (κ1) is 12.5. The van der Waals surface area contributed by atoms with Gasteiger partial charge in [-0.05, 0) is 46.5 Å². The third kappa shape index (κ3) is 3.26. The summed E-state index contributed by atoms with van der Waals surface area (Å²) in [6.45, 7) is 0. The molecule has 0 amide bonds. The van der Waals surface area contributed by atoms with E-state index in [1.807, 2.05) is 13.1 Å². The highest BCUT2D eigenvalue weighted by atomic mass is 79.9. The summed E-state index contributed by atoms with van der Waals surface area (Å²) in [4.78, 5) is 4.43. The van der Waals surface area contributed by atoms with Gasteiger partial charge in [0, 0.05) is 7.05 Å². The van der Waals surface area contributed by atoms with Crippen molar-refractivity contribution in [3.8, 4) is 0 Å². The summed E-state index contributed by atoms with van der Waals surface area (Å²) in [6, 6.07) is 6.70. The molecule has 1 heterocycles. The highest BCUT2D eigenvalue weighted by Crippen LogP contribution is 2.28. The molecule has 5 heteroatoms. The molecule has 2 aromatic rings. The fourth-order valence-corrected chi connectivity index (χ4v) is 2.99. The molecular formula is C12H12BrFN2S. The Labute approximate surface area is 112 Å². The zero-order valence-corrected chi connectivity index (χ0v) is 11.7. The molecule has 0 saturated carbocycles. The lowest BCUT2D eigenvalue weighted by molar-refractivity contribution is 0.625. The van der Waals surface area contributed by atoms with Crippen LogP contribution >= 0.6 is 27.3 Å². The number of aromatic nitrogens is 1. The number of halogens is 2. The highest BCUT2D eigenvalue weighted by Gasteiger charge is 2.08. The van der Waals surface area contributed by atoms with Crippen LogP contribution in [-0.4, -0.2) is 12.0 Å². The lowest BCUT2D eigenvalue weighted by Crippen LogP contribution is -1.94. The number of hydrogen-bond donors (Lipinski definition) is 1. The molecule has 0 aliphatic rings. The highest BCUT2D eigenvalue weighted by molar-refractivity contribution is 9.11. The van der Waals surface area contributed by atoms with E-state index in [9.17, 15) is 4.39 Å². The predicted octanol–water partition coefficient (Wildman–Crippen LogP) is 3.87. The molecule has 0 bridgehead atoms. The molecule has 1 N–H and O–H groups in total. The molecule has 0 unspecified atom stereocenters. The minimum atomic E-state index is -0.184. The van der Waals surface area contributed by atoms with Crippen LogP contribution < -0.4 is 5.32 Å². The van der Waals surface area contributed by atoms with Gasteiger partial charge in [-0.15, -0.1) is 0 Å². The molecule has 2 rings (SSSR count). The molecule has 17 heavy (non-hydrogen) atoms. The van der Waals surface area contributed by atoms with Crippen molar-refractivity contribution in [1.29, 1.82) is 0 Å². The number of hydrogen-bond acceptors (Lipinski definition) is 3. The number of benzene rings is 1. The predicted molar refractivity (Wildman–Crippen MR) is 73.2 cm³/mol. The van der Waals surface area contributed by atoms with Gasteiger partial charge in [-0.3, -0.25) is 0 Å². The molecular weight excluding hydrogens is 303 g/mol. The van der Waals surface area contributed by atoms with E-state index in [1.165, 1.54) is 6.07 Å². The van der Waals surface area contributed by atoms with Crippen LogP contribution in [0, 0.1) is 5.82 Å². The first-order valence-electron chi connectivity index (χ1n) is 5.26. The summed E-state index contributed by atoms with van der Waals surface area (Å²) in [5, 5.41) is 3.91. The zero-order valence-electron chi connectivity index (χ0n) is 9.34. The van der Waals surface area contributed by atoms with Gasteiger partial charge in [0.25, 0.3) is 0 Å². The van der Waals surface area contributed by atoms with Crippen LogP contribution in [0.4, 0.5) is 9.52 Å². The van der Waals surface area contributed by atoms with Crippen molar-refractivity contribution >= 4 is 32.4 Å². The van der Waals surface area contributed by atoms with E-state index in [1.54, 1.807) is 23.5 Å². The van der Waals surface area contributed by atoms with Crippen molar-refractivity contribution in [2.24, 2.45) is 0 Å². The maximum absolute atomic E-state index is 13.0. The van der Waals surface area contributed by atoms with Gasteiger partial charge in [0.05, 0.1) is 9.48 Å². The summed E-state index contributed by atoms with van der Waals surface area (Å²) in [5.74, 6) is -0.184. The van der Waals surface area contributed by atoms with Crippen molar-refractivity contribution in [1.82, 2.24) is 4.98 Å². The van der Waals surface area contributed by atoms with Gasteiger partial charge in [0.1, 0.15) is 5.82 Å². The molecule has 0 saturated heterocycles. The molecule has 90 valence electrons. The van der Waals surface area contributed by atoms with Gasteiger partial charge in [0.2, 0.25) is 0 Å². The average molecular weight is 315 g/mol. The van der Waals surface area contributed by atoms with Crippen molar-refractivity contribution < 1.29 is 4.39 Å². The Balaban J connectivity index is 2.04. The molecule has 1 aromatic carbocycles. The topological polar surface area (TPSA) is 24.9 Å². The normalized spacial score (nSPS) is 10.5. The first-order chi connectivity index (χ1) is 8.19. The molecule has 0 atom stereocenters. The largest absolute Gasteiger partial charge is 0.365 e. The van der Waals surface area contributed by atoms with Gasteiger partial charge >= 0.3 is 0 Å². The number of nitrogens with one attached hydrogen (secondary N) is 1. The van der Waals surface area contributed by atoms with Crippen molar-refractivity contribution in [2.45, 2.75) is 12.8 Å². The third-order valence-corrected chi connectivity index (χ3v) is 4.25. The van der Waals surface area contributed by atoms with Gasteiger partial charge in [-0.1, -0.05) is 23.5 Å². The van der Waals surface area contributed by atoms with E-state index in [4.69, 9.17) is 0 Å². The summed E-state index contributed by atoms with van der Waals surface area (Å²) in [6.07, 6.45) is 1.60. The van der Waals surface area contributed by atoms with E-state index in [0.29, 0.717) is 0 Å². The summed E-state index contributed by atoms with van der Waals surface area (Å²) in [7, 11) is 1.85. The monoisotopic (exact) mass is 314 g/mol. The Kier molecular flexibility index (Phi) is 4.12. The van der Waals surface area contributed by atoms with Gasteiger partial charge < -0.3 is 5.32 Å². The Hall–Kier alpha value is -0.940. The Bertz CT molecular complexity index is 513. The van der Waals surface area contributed by atoms with Crippen molar-refractivity contribution in [3.63, 3.8) is 0 Å². The van der Waals surface area contributed by atoms with E-state index < -0.39 is 0 Å². The maximum atomic E-state index is 13.0. The average Bonchev–Trinajstić information content (AvgIpc) is 2.68. The second kappa shape index (κ2) is 5.60. The van der Waals surface area contributed by atoms with E-state index in [0.717, 1.165) is 33.0 Å². The molecule has 0 aliphatic carbocycles. The molecule has 0 aliphatic heterocycles. The van der Waals surface area contributed by atoms with Crippen LogP contribution in [0.15, 0.2) is 28.1 Å². The summed E-state index contributed by atoms with van der Waals surface area (Å²) >= 11 is 5.06. The number of aryl methyl sites for hydroxylation is 2. The fourth-order valence-electron chi connectivity index (χ4n) is 1.55. The number of anilines is 1. The lowest BCUT2D eigenvalue weighted by Gasteiger charge is -2.00. The Morgan fingerprint density at radius 1 is 1.41 bits per heavy atom. The van der Waals surface area contributed by atoms with Gasteiger partial charge in [-0.25, -0.2) is 9.37 Å². The van der Waals surface area contributed by atoms with Crippen LogP contribution in [0.1, 0.15) is 11.3 Å². The Morgan fingerprint density at radius 3 is 2.88 bits per heavy atom. The quantitative estimate of drug-likeness (QED) is 0.926. The zero-order chi connectivity index (χ0) is 12.3. The second-order valence-corrected chi connectivity index (χ2v) is 5.94. The molecule has 1 aromatic heterocycles. The lowest BCUT2D eigenvalue weighted by atomic mass is 10.1. The molecule has 0 radical (unpaired) electrons. The van der Waals surface area contributed by atoms with E-state index in [-0.39, 0.29) is 5.82 Å². The first-order valence-corrected chi connectivity index (χ1v) is 6.87. The second-order valence-electron chi connectivity index (χ2n) is 3.62. The summed E-state index contributed by atoms with van der Waals surface area (Å²) in [5.41, 5.74) is 2.01. The summed E-state index contributed by atoms with van der Waals surface area (Å²) < 4.78 is 14.0.